The van der Waals surface area contributed by atoms with Crippen LogP contribution < -0.4 is 0 Å². The van der Waals surface area contributed by atoms with Gasteiger partial charge in [0.25, 0.3) is 0 Å². The summed E-state index contributed by atoms with van der Waals surface area (Å²) < 4.78 is 41.4. The number of carbonyl (C=O) groups is 1. The molecule has 7 heteroatoms. The molecule has 0 aliphatic carbocycles. The van der Waals surface area contributed by atoms with Crippen molar-refractivity contribution < 1.29 is 17.6 Å². The third-order valence-electron chi connectivity index (χ3n) is 6.02. The first-order chi connectivity index (χ1) is 13.9. The minimum absolute atomic E-state index is 0.0817. The smallest absolute Gasteiger partial charge is 0.243 e. The summed E-state index contributed by atoms with van der Waals surface area (Å²) in [5, 5.41) is 0. The lowest BCUT2D eigenvalue weighted by molar-refractivity contribution is -0.133. The van der Waals surface area contributed by atoms with Crippen LogP contribution in [0.4, 0.5) is 4.39 Å². The molecule has 2 aliphatic heterocycles. The Balaban J connectivity index is 1.60. The molecular weight excluding hydrogens is 391 g/mol. The number of amides is 1. The second-order valence-corrected chi connectivity index (χ2v) is 9.90. The second-order valence-electron chi connectivity index (χ2n) is 7.96. The van der Waals surface area contributed by atoms with Crippen molar-refractivity contribution in [1.82, 2.24) is 9.21 Å². The lowest BCUT2D eigenvalue weighted by Gasteiger charge is -2.30. The Labute approximate surface area is 171 Å². The average Bonchev–Trinajstić information content (AvgIpc) is 3.07. The van der Waals surface area contributed by atoms with Crippen LogP contribution in [0.1, 0.15) is 30.4 Å². The van der Waals surface area contributed by atoms with E-state index in [1.54, 1.807) is 6.92 Å². The number of rotatable bonds is 4. The van der Waals surface area contributed by atoms with E-state index in [2.05, 4.69) is 0 Å². The normalized spacial score (nSPS) is 23.1. The maximum Gasteiger partial charge on any atom is 0.243 e. The molecule has 29 heavy (non-hydrogen) atoms. The lowest BCUT2D eigenvalue weighted by Crippen LogP contribution is -2.43. The Morgan fingerprint density at radius 3 is 2.59 bits per heavy atom. The molecule has 4 rings (SSSR count). The number of aryl methyl sites for hydroxylation is 1. The third kappa shape index (κ3) is 3.94. The van der Waals surface area contributed by atoms with Crippen molar-refractivity contribution in [3.05, 3.63) is 65.5 Å². The average molecular weight is 417 g/mol. The molecule has 0 bridgehead atoms. The predicted molar refractivity (Wildman–Crippen MR) is 108 cm³/mol. The van der Waals surface area contributed by atoms with E-state index < -0.39 is 15.8 Å². The number of hydrogen-bond donors (Lipinski definition) is 0. The molecule has 0 saturated carbocycles. The molecule has 2 aromatic rings. The minimum Gasteiger partial charge on any atom is -0.334 e. The van der Waals surface area contributed by atoms with Gasteiger partial charge in [0.15, 0.2) is 0 Å². The van der Waals surface area contributed by atoms with Crippen LogP contribution in [0.15, 0.2) is 53.4 Å². The first kappa shape index (κ1) is 20.0. The number of carbonyl (C=O) groups excluding carboxylic acids is 1. The zero-order valence-electron chi connectivity index (χ0n) is 16.4. The third-order valence-corrected chi connectivity index (χ3v) is 7.85. The van der Waals surface area contributed by atoms with E-state index in [9.17, 15) is 17.6 Å². The van der Waals surface area contributed by atoms with Gasteiger partial charge in [0, 0.05) is 32.1 Å². The SMILES string of the molecule is Cc1cc(S(=O)(=O)N2C[C@H]3CCCC(=O)N(Cc4ccccc4)[C@H]3C2)ccc1F. The monoisotopic (exact) mass is 416 g/mol. The first-order valence-corrected chi connectivity index (χ1v) is 11.4. The molecule has 2 fully saturated rings. The number of benzene rings is 2. The molecule has 2 saturated heterocycles. The van der Waals surface area contributed by atoms with Crippen LogP contribution >= 0.6 is 0 Å². The molecule has 0 aromatic heterocycles. The fourth-order valence-corrected chi connectivity index (χ4v) is 6.01. The molecular formula is C22H25FN2O3S. The van der Waals surface area contributed by atoms with Gasteiger partial charge in [-0.2, -0.15) is 4.31 Å². The van der Waals surface area contributed by atoms with Gasteiger partial charge in [0.2, 0.25) is 15.9 Å². The van der Waals surface area contributed by atoms with Gasteiger partial charge in [-0.1, -0.05) is 30.3 Å². The Morgan fingerprint density at radius 1 is 1.10 bits per heavy atom. The zero-order valence-corrected chi connectivity index (χ0v) is 17.2. The van der Waals surface area contributed by atoms with Gasteiger partial charge in [-0.25, -0.2) is 12.8 Å². The van der Waals surface area contributed by atoms with Crippen molar-refractivity contribution in [2.45, 2.75) is 43.7 Å². The molecule has 0 N–H and O–H groups in total. The Bertz CT molecular complexity index is 1010. The standard InChI is InChI=1S/C22H25FN2O3S/c1-16-12-19(10-11-20(16)23)29(27,28)24-14-18-8-5-9-22(26)25(21(18)15-24)13-17-6-3-2-4-7-17/h2-4,6-7,10-12,18,21H,5,8-9,13-15H2,1H3/t18-,21+/m1/s1. The molecule has 1 amide bonds. The largest absolute Gasteiger partial charge is 0.334 e. The molecule has 2 aromatic carbocycles. The summed E-state index contributed by atoms with van der Waals surface area (Å²) >= 11 is 0. The van der Waals surface area contributed by atoms with Crippen molar-refractivity contribution in [1.29, 1.82) is 0 Å². The van der Waals surface area contributed by atoms with Crippen molar-refractivity contribution in [3.8, 4) is 0 Å². The van der Waals surface area contributed by atoms with Crippen molar-refractivity contribution in [3.63, 3.8) is 0 Å². The summed E-state index contributed by atoms with van der Waals surface area (Å²) in [7, 11) is -3.73. The van der Waals surface area contributed by atoms with Crippen molar-refractivity contribution in [2.75, 3.05) is 13.1 Å². The van der Waals surface area contributed by atoms with E-state index >= 15 is 0 Å². The molecule has 2 atom stereocenters. The summed E-state index contributed by atoms with van der Waals surface area (Å²) in [5.74, 6) is -0.227. The summed E-state index contributed by atoms with van der Waals surface area (Å²) in [6.07, 6.45) is 2.11. The fourth-order valence-electron chi connectivity index (χ4n) is 4.40. The predicted octanol–water partition coefficient (Wildman–Crippen LogP) is 3.34. The molecule has 0 spiro atoms. The molecule has 5 nitrogen and oxygen atoms in total. The van der Waals surface area contributed by atoms with Crippen LogP contribution in [0.25, 0.3) is 0 Å². The fraction of sp³-hybridized carbons (Fsp3) is 0.409. The molecule has 154 valence electrons. The molecule has 2 heterocycles. The quantitative estimate of drug-likeness (QED) is 0.768. The summed E-state index contributed by atoms with van der Waals surface area (Å²) in [4.78, 5) is 14.8. The van der Waals surface area contributed by atoms with Gasteiger partial charge in [-0.3, -0.25) is 4.79 Å². The minimum atomic E-state index is -3.73. The Kier molecular flexibility index (Phi) is 5.44. The zero-order chi connectivity index (χ0) is 20.6. The van der Waals surface area contributed by atoms with Crippen LogP contribution in [-0.2, 0) is 21.4 Å². The van der Waals surface area contributed by atoms with Crippen LogP contribution in [0.5, 0.6) is 0 Å². The van der Waals surface area contributed by atoms with Crippen LogP contribution in [0, 0.1) is 18.7 Å². The maximum absolute atomic E-state index is 13.6. The highest BCUT2D eigenvalue weighted by atomic mass is 32.2. The van der Waals surface area contributed by atoms with Gasteiger partial charge < -0.3 is 4.90 Å². The number of nitrogens with zero attached hydrogens (tertiary/aromatic N) is 2. The van der Waals surface area contributed by atoms with Gasteiger partial charge in [0.1, 0.15) is 5.82 Å². The van der Waals surface area contributed by atoms with Gasteiger partial charge in [0.05, 0.1) is 4.90 Å². The molecule has 0 radical (unpaired) electrons. The Morgan fingerprint density at radius 2 is 1.86 bits per heavy atom. The van der Waals surface area contributed by atoms with E-state index in [4.69, 9.17) is 0 Å². The van der Waals surface area contributed by atoms with Crippen LogP contribution in [0.2, 0.25) is 0 Å². The lowest BCUT2D eigenvalue weighted by atomic mass is 9.98. The highest BCUT2D eigenvalue weighted by Gasteiger charge is 2.44. The van der Waals surface area contributed by atoms with E-state index in [-0.39, 0.29) is 29.3 Å². The van der Waals surface area contributed by atoms with E-state index in [1.807, 2.05) is 35.2 Å². The maximum atomic E-state index is 13.6. The summed E-state index contributed by atoms with van der Waals surface area (Å²) in [6.45, 7) is 2.72. The topological polar surface area (TPSA) is 57.7 Å². The highest BCUT2D eigenvalue weighted by Crippen LogP contribution is 2.34. The molecule has 2 aliphatic rings. The van der Waals surface area contributed by atoms with Crippen LogP contribution in [0.3, 0.4) is 0 Å². The highest BCUT2D eigenvalue weighted by molar-refractivity contribution is 7.89. The van der Waals surface area contributed by atoms with Gasteiger partial charge in [-0.15, -0.1) is 0 Å². The number of halogens is 1. The summed E-state index contributed by atoms with van der Waals surface area (Å²) in [5.41, 5.74) is 1.34. The van der Waals surface area contributed by atoms with Gasteiger partial charge in [-0.05, 0) is 55.0 Å². The number of likely N-dealkylation sites (tertiary alicyclic amines) is 1. The second kappa shape index (κ2) is 7.88. The Hall–Kier alpha value is -2.25. The van der Waals surface area contributed by atoms with E-state index in [1.165, 1.54) is 22.5 Å². The van der Waals surface area contributed by atoms with Crippen LogP contribution in [-0.4, -0.2) is 42.7 Å². The number of hydrogen-bond acceptors (Lipinski definition) is 3. The number of sulfonamides is 1. The molecule has 0 unspecified atom stereocenters. The number of fused-ring (bicyclic) bond motifs is 1. The van der Waals surface area contributed by atoms with E-state index in [0.717, 1.165) is 18.4 Å². The van der Waals surface area contributed by atoms with Crippen molar-refractivity contribution in [2.24, 2.45) is 5.92 Å². The summed E-state index contributed by atoms with van der Waals surface area (Å²) in [6, 6.07) is 13.5. The first-order valence-electron chi connectivity index (χ1n) is 9.96. The van der Waals surface area contributed by atoms with Gasteiger partial charge >= 0.3 is 0 Å². The van der Waals surface area contributed by atoms with E-state index in [0.29, 0.717) is 25.1 Å². The van der Waals surface area contributed by atoms with Crippen molar-refractivity contribution >= 4 is 15.9 Å².